The van der Waals surface area contributed by atoms with Crippen molar-refractivity contribution in [2.24, 2.45) is 0 Å². The third-order valence-corrected chi connectivity index (χ3v) is 5.30. The van der Waals surface area contributed by atoms with Crippen LogP contribution in [0.25, 0.3) is 10.6 Å². The van der Waals surface area contributed by atoms with E-state index in [4.69, 9.17) is 4.74 Å². The molecule has 6 heteroatoms. The molecule has 1 aromatic heterocycles. The van der Waals surface area contributed by atoms with Gasteiger partial charge < -0.3 is 10.1 Å². The van der Waals surface area contributed by atoms with Gasteiger partial charge in [-0.25, -0.2) is 9.37 Å². The van der Waals surface area contributed by atoms with Crippen molar-refractivity contribution in [3.05, 3.63) is 101 Å². The molecule has 150 valence electrons. The molecule has 30 heavy (non-hydrogen) atoms. The Balaban J connectivity index is 1.44. The summed E-state index contributed by atoms with van der Waals surface area (Å²) in [5.74, 6) is 0.0472. The summed E-state index contributed by atoms with van der Waals surface area (Å²) in [6.07, 6.45) is 0. The van der Waals surface area contributed by atoms with Crippen molar-refractivity contribution < 1.29 is 13.9 Å². The quantitative estimate of drug-likeness (QED) is 0.412. The molecule has 4 aromatic rings. The molecule has 0 unspecified atom stereocenters. The number of anilines is 1. The van der Waals surface area contributed by atoms with Gasteiger partial charge in [-0.1, -0.05) is 42.0 Å². The fraction of sp³-hybridized carbons (Fsp3) is 0.0833. The lowest BCUT2D eigenvalue weighted by Gasteiger charge is -2.08. The van der Waals surface area contributed by atoms with E-state index in [1.54, 1.807) is 5.38 Å². The average molecular weight is 418 g/mol. The summed E-state index contributed by atoms with van der Waals surface area (Å²) in [5, 5.41) is 5.14. The summed E-state index contributed by atoms with van der Waals surface area (Å²) >= 11 is 1.38. The molecule has 0 saturated heterocycles. The molecule has 0 fully saturated rings. The van der Waals surface area contributed by atoms with E-state index in [2.05, 4.69) is 29.4 Å². The number of thiazole rings is 1. The number of benzene rings is 3. The second kappa shape index (κ2) is 8.88. The molecule has 0 saturated carbocycles. The molecule has 1 amide bonds. The SMILES string of the molecule is Cc1cccc(COc2cccc(-c3nc(C(=O)Nc4ccc(F)cc4)cs3)c2)c1. The van der Waals surface area contributed by atoms with Gasteiger partial charge in [0.05, 0.1) is 0 Å². The number of amides is 1. The normalized spacial score (nSPS) is 10.6. The molecule has 0 aliphatic carbocycles. The first-order valence-corrected chi connectivity index (χ1v) is 10.3. The number of nitrogens with zero attached hydrogens (tertiary/aromatic N) is 1. The maximum Gasteiger partial charge on any atom is 0.275 e. The lowest BCUT2D eigenvalue weighted by Crippen LogP contribution is -2.12. The van der Waals surface area contributed by atoms with Crippen LogP contribution in [0.5, 0.6) is 5.75 Å². The first kappa shape index (κ1) is 19.8. The zero-order valence-electron chi connectivity index (χ0n) is 16.3. The molecule has 4 nitrogen and oxygen atoms in total. The van der Waals surface area contributed by atoms with E-state index in [1.807, 2.05) is 36.4 Å². The van der Waals surface area contributed by atoms with E-state index in [0.717, 1.165) is 21.9 Å². The Morgan fingerprint density at radius 2 is 1.87 bits per heavy atom. The van der Waals surface area contributed by atoms with Crippen LogP contribution in [0, 0.1) is 12.7 Å². The highest BCUT2D eigenvalue weighted by Crippen LogP contribution is 2.27. The summed E-state index contributed by atoms with van der Waals surface area (Å²) in [5.41, 5.74) is 4.00. The maximum atomic E-state index is 13.0. The van der Waals surface area contributed by atoms with E-state index in [1.165, 1.54) is 41.2 Å². The zero-order valence-corrected chi connectivity index (χ0v) is 17.1. The molecular formula is C24H19FN2O2S. The summed E-state index contributed by atoms with van der Waals surface area (Å²) in [6, 6.07) is 21.4. The Labute approximate surface area is 178 Å². The predicted octanol–water partition coefficient (Wildman–Crippen LogP) is 6.09. The van der Waals surface area contributed by atoms with Gasteiger partial charge in [-0.15, -0.1) is 11.3 Å². The van der Waals surface area contributed by atoms with Crippen LogP contribution in [-0.4, -0.2) is 10.9 Å². The number of carbonyl (C=O) groups is 1. The topological polar surface area (TPSA) is 51.2 Å². The molecular weight excluding hydrogens is 399 g/mol. The van der Waals surface area contributed by atoms with Crippen LogP contribution in [0.4, 0.5) is 10.1 Å². The molecule has 0 bridgehead atoms. The van der Waals surface area contributed by atoms with Gasteiger partial charge in [-0.05, 0) is 48.9 Å². The summed E-state index contributed by atoms with van der Waals surface area (Å²) in [7, 11) is 0. The molecule has 0 aliphatic heterocycles. The van der Waals surface area contributed by atoms with Crippen LogP contribution < -0.4 is 10.1 Å². The number of carbonyl (C=O) groups excluding carboxylic acids is 1. The summed E-state index contributed by atoms with van der Waals surface area (Å²) < 4.78 is 18.9. The average Bonchev–Trinajstić information content (AvgIpc) is 3.25. The van der Waals surface area contributed by atoms with E-state index in [9.17, 15) is 9.18 Å². The lowest BCUT2D eigenvalue weighted by atomic mass is 10.1. The molecule has 1 heterocycles. The van der Waals surface area contributed by atoms with Crippen LogP contribution in [0.1, 0.15) is 21.6 Å². The van der Waals surface area contributed by atoms with Crippen LogP contribution >= 0.6 is 11.3 Å². The van der Waals surface area contributed by atoms with Crippen LogP contribution in [0.15, 0.2) is 78.2 Å². The van der Waals surface area contributed by atoms with Crippen molar-refractivity contribution in [2.45, 2.75) is 13.5 Å². The first-order chi connectivity index (χ1) is 14.6. The van der Waals surface area contributed by atoms with Gasteiger partial charge in [0.15, 0.2) is 0 Å². The smallest absolute Gasteiger partial charge is 0.275 e. The Kier molecular flexibility index (Phi) is 5.86. The largest absolute Gasteiger partial charge is 0.489 e. The van der Waals surface area contributed by atoms with Crippen molar-refractivity contribution >= 4 is 22.9 Å². The standard InChI is InChI=1S/C24H19FN2O2S/c1-16-4-2-5-17(12-16)14-29-21-7-3-6-18(13-21)24-27-22(15-30-24)23(28)26-20-10-8-19(25)9-11-20/h2-13,15H,14H2,1H3,(H,26,28). The van der Waals surface area contributed by atoms with Crippen LogP contribution in [0.2, 0.25) is 0 Å². The van der Waals surface area contributed by atoms with E-state index in [-0.39, 0.29) is 11.7 Å². The zero-order chi connectivity index (χ0) is 20.9. The van der Waals surface area contributed by atoms with Gasteiger partial charge in [-0.2, -0.15) is 0 Å². The Morgan fingerprint density at radius 1 is 1.07 bits per heavy atom. The van der Waals surface area contributed by atoms with E-state index >= 15 is 0 Å². The van der Waals surface area contributed by atoms with E-state index < -0.39 is 0 Å². The van der Waals surface area contributed by atoms with Gasteiger partial charge in [0.1, 0.15) is 28.9 Å². The van der Waals surface area contributed by atoms with Crippen LogP contribution in [0.3, 0.4) is 0 Å². The highest BCUT2D eigenvalue weighted by Gasteiger charge is 2.13. The Hall–Kier alpha value is -3.51. The number of hydrogen-bond acceptors (Lipinski definition) is 4. The molecule has 0 atom stereocenters. The van der Waals surface area contributed by atoms with Gasteiger partial charge >= 0.3 is 0 Å². The van der Waals surface area contributed by atoms with E-state index in [0.29, 0.717) is 18.0 Å². The number of nitrogens with one attached hydrogen (secondary N) is 1. The lowest BCUT2D eigenvalue weighted by molar-refractivity contribution is 0.102. The molecule has 0 aliphatic rings. The highest BCUT2D eigenvalue weighted by atomic mass is 32.1. The first-order valence-electron chi connectivity index (χ1n) is 9.38. The van der Waals surface area contributed by atoms with Gasteiger partial charge in [0.25, 0.3) is 5.91 Å². The number of halogens is 1. The van der Waals surface area contributed by atoms with Gasteiger partial charge in [-0.3, -0.25) is 4.79 Å². The van der Waals surface area contributed by atoms with Crippen LogP contribution in [-0.2, 0) is 6.61 Å². The van der Waals surface area contributed by atoms with Crippen molar-refractivity contribution in [3.63, 3.8) is 0 Å². The third kappa shape index (κ3) is 4.90. The minimum absolute atomic E-state index is 0.311. The minimum atomic E-state index is -0.353. The number of ether oxygens (including phenoxy) is 1. The predicted molar refractivity (Wildman–Crippen MR) is 117 cm³/mol. The second-order valence-corrected chi connectivity index (χ2v) is 7.66. The Morgan fingerprint density at radius 3 is 2.67 bits per heavy atom. The third-order valence-electron chi connectivity index (χ3n) is 4.41. The van der Waals surface area contributed by atoms with Crippen molar-refractivity contribution in [3.8, 4) is 16.3 Å². The van der Waals surface area contributed by atoms with Gasteiger partial charge in [0.2, 0.25) is 0 Å². The maximum absolute atomic E-state index is 13.0. The van der Waals surface area contributed by atoms with Gasteiger partial charge in [0, 0.05) is 16.6 Å². The number of aromatic nitrogens is 1. The van der Waals surface area contributed by atoms with Crippen molar-refractivity contribution in [2.75, 3.05) is 5.32 Å². The number of aryl methyl sites for hydroxylation is 1. The number of hydrogen-bond donors (Lipinski definition) is 1. The molecule has 1 N–H and O–H groups in total. The molecule has 0 radical (unpaired) electrons. The summed E-state index contributed by atoms with van der Waals surface area (Å²) in [4.78, 5) is 16.9. The minimum Gasteiger partial charge on any atom is -0.489 e. The summed E-state index contributed by atoms with van der Waals surface area (Å²) in [6.45, 7) is 2.53. The second-order valence-electron chi connectivity index (χ2n) is 6.80. The van der Waals surface area contributed by atoms with Crippen molar-refractivity contribution in [1.29, 1.82) is 0 Å². The molecule has 0 spiro atoms. The monoisotopic (exact) mass is 418 g/mol. The fourth-order valence-electron chi connectivity index (χ4n) is 2.93. The fourth-order valence-corrected chi connectivity index (χ4v) is 3.72. The molecule has 3 aromatic carbocycles. The Bertz CT molecular complexity index is 1170. The highest BCUT2D eigenvalue weighted by molar-refractivity contribution is 7.13. The number of rotatable bonds is 6. The molecule has 4 rings (SSSR count). The van der Waals surface area contributed by atoms with Crippen molar-refractivity contribution in [1.82, 2.24) is 4.98 Å².